The van der Waals surface area contributed by atoms with Gasteiger partial charge in [0, 0.05) is 11.3 Å². The molecule has 9 heteroatoms. The Morgan fingerprint density at radius 1 is 0.966 bits per heavy atom. The molecule has 1 atom stereocenters. The summed E-state index contributed by atoms with van der Waals surface area (Å²) in [6.07, 6.45) is -1.20. The first-order chi connectivity index (χ1) is 13.9. The Morgan fingerprint density at radius 2 is 1.66 bits per heavy atom. The monoisotopic (exact) mass is 431 g/mol. The molecule has 7 nitrogen and oxygen atoms in total. The zero-order chi connectivity index (χ0) is 20.9. The van der Waals surface area contributed by atoms with Gasteiger partial charge in [-0.3, -0.25) is 4.72 Å². The maximum atomic E-state index is 12.5. The van der Waals surface area contributed by atoms with Gasteiger partial charge in [0.25, 0.3) is 10.0 Å². The van der Waals surface area contributed by atoms with E-state index in [1.165, 1.54) is 37.4 Å². The van der Waals surface area contributed by atoms with E-state index in [4.69, 9.17) is 9.47 Å². The van der Waals surface area contributed by atoms with Crippen molar-refractivity contribution in [3.63, 3.8) is 0 Å². The summed E-state index contributed by atoms with van der Waals surface area (Å²) in [7, 11) is -2.47. The van der Waals surface area contributed by atoms with Crippen LogP contribution in [-0.2, 0) is 24.3 Å². The molecule has 0 aliphatic carbocycles. The Kier molecular flexibility index (Phi) is 6.30. The Morgan fingerprint density at radius 3 is 2.24 bits per heavy atom. The molecule has 0 radical (unpaired) electrons. The first-order valence-corrected chi connectivity index (χ1v) is 10.8. The van der Waals surface area contributed by atoms with Crippen molar-refractivity contribution in [3.8, 4) is 0 Å². The molecule has 1 aromatic heterocycles. The van der Waals surface area contributed by atoms with Crippen molar-refractivity contribution >= 4 is 39.0 Å². The van der Waals surface area contributed by atoms with Gasteiger partial charge in [0.15, 0.2) is 0 Å². The van der Waals surface area contributed by atoms with Crippen LogP contribution in [0.4, 0.5) is 5.69 Å². The van der Waals surface area contributed by atoms with Crippen molar-refractivity contribution in [2.24, 2.45) is 0 Å². The number of carbonyl (C=O) groups is 2. The SMILES string of the molecule is COC(=O)[C@@H](OC(=O)c1ccc(NS(=O)(=O)c2cccs2)cc1)c1ccccc1. The topological polar surface area (TPSA) is 98.8 Å². The van der Waals surface area contributed by atoms with Crippen LogP contribution in [0.5, 0.6) is 0 Å². The van der Waals surface area contributed by atoms with Gasteiger partial charge in [0.05, 0.1) is 12.7 Å². The van der Waals surface area contributed by atoms with Crippen LogP contribution in [-0.4, -0.2) is 27.5 Å². The van der Waals surface area contributed by atoms with E-state index in [-0.39, 0.29) is 9.77 Å². The van der Waals surface area contributed by atoms with E-state index in [0.717, 1.165) is 11.3 Å². The summed E-state index contributed by atoms with van der Waals surface area (Å²) < 4.78 is 37.2. The van der Waals surface area contributed by atoms with E-state index in [9.17, 15) is 18.0 Å². The minimum Gasteiger partial charge on any atom is -0.466 e. The van der Waals surface area contributed by atoms with E-state index in [0.29, 0.717) is 11.3 Å². The van der Waals surface area contributed by atoms with Crippen molar-refractivity contribution in [2.75, 3.05) is 11.8 Å². The highest BCUT2D eigenvalue weighted by Crippen LogP contribution is 2.23. The molecular weight excluding hydrogens is 414 g/mol. The summed E-state index contributed by atoms with van der Waals surface area (Å²) in [4.78, 5) is 24.5. The Bertz CT molecular complexity index is 1080. The van der Waals surface area contributed by atoms with Crippen molar-refractivity contribution < 1.29 is 27.5 Å². The molecule has 3 rings (SSSR count). The first-order valence-electron chi connectivity index (χ1n) is 8.41. The number of anilines is 1. The highest BCUT2D eigenvalue weighted by atomic mass is 32.2. The third kappa shape index (κ3) is 5.01. The average Bonchev–Trinajstić information content (AvgIpc) is 3.28. The molecule has 0 saturated heterocycles. The van der Waals surface area contributed by atoms with Gasteiger partial charge in [-0.05, 0) is 35.7 Å². The average molecular weight is 431 g/mol. The summed E-state index contributed by atoms with van der Waals surface area (Å²) in [5.41, 5.74) is 0.935. The molecule has 0 saturated carbocycles. The molecule has 0 bridgehead atoms. The van der Waals surface area contributed by atoms with Crippen molar-refractivity contribution in [1.82, 2.24) is 0 Å². The van der Waals surface area contributed by atoms with E-state index in [2.05, 4.69) is 4.72 Å². The number of sulfonamides is 1. The molecule has 0 spiro atoms. The molecular formula is C20H17NO6S2. The van der Waals surface area contributed by atoms with Crippen LogP contribution >= 0.6 is 11.3 Å². The third-order valence-electron chi connectivity index (χ3n) is 3.88. The fraction of sp³-hybridized carbons (Fsp3) is 0.100. The molecule has 0 amide bonds. The normalized spacial score (nSPS) is 12.0. The molecule has 150 valence electrons. The smallest absolute Gasteiger partial charge is 0.351 e. The van der Waals surface area contributed by atoms with Crippen LogP contribution in [0.1, 0.15) is 22.0 Å². The predicted octanol–water partition coefficient (Wildman–Crippen LogP) is 3.62. The molecule has 0 unspecified atom stereocenters. The lowest BCUT2D eigenvalue weighted by molar-refractivity contribution is -0.151. The number of benzene rings is 2. The number of rotatable bonds is 7. The molecule has 2 aromatic carbocycles. The second-order valence-corrected chi connectivity index (χ2v) is 8.69. The predicted molar refractivity (Wildman–Crippen MR) is 108 cm³/mol. The summed E-state index contributed by atoms with van der Waals surface area (Å²) in [6.45, 7) is 0. The van der Waals surface area contributed by atoms with Crippen LogP contribution in [0.15, 0.2) is 76.3 Å². The maximum absolute atomic E-state index is 12.5. The lowest BCUT2D eigenvalue weighted by Crippen LogP contribution is -2.21. The number of nitrogens with one attached hydrogen (secondary N) is 1. The lowest BCUT2D eigenvalue weighted by atomic mass is 10.1. The maximum Gasteiger partial charge on any atom is 0.351 e. The number of carbonyl (C=O) groups excluding carboxylic acids is 2. The summed E-state index contributed by atoms with van der Waals surface area (Å²) in [5.74, 6) is -1.44. The van der Waals surface area contributed by atoms with Crippen LogP contribution in [0.2, 0.25) is 0 Å². The van der Waals surface area contributed by atoms with Crippen LogP contribution in [0.25, 0.3) is 0 Å². The Labute approximate surface area is 172 Å². The van der Waals surface area contributed by atoms with Gasteiger partial charge in [0.1, 0.15) is 4.21 Å². The molecule has 0 aliphatic rings. The largest absolute Gasteiger partial charge is 0.466 e. The fourth-order valence-electron chi connectivity index (χ4n) is 2.46. The van der Waals surface area contributed by atoms with Crippen LogP contribution in [0.3, 0.4) is 0 Å². The van der Waals surface area contributed by atoms with E-state index >= 15 is 0 Å². The quantitative estimate of drug-likeness (QED) is 0.574. The second-order valence-electron chi connectivity index (χ2n) is 5.83. The first kappa shape index (κ1) is 20.6. The minimum atomic E-state index is -3.68. The van der Waals surface area contributed by atoms with Crippen molar-refractivity contribution in [1.29, 1.82) is 0 Å². The highest BCUT2D eigenvalue weighted by molar-refractivity contribution is 7.94. The Hall–Kier alpha value is -3.17. The summed E-state index contributed by atoms with van der Waals surface area (Å²) in [6, 6.07) is 17.3. The number of ether oxygens (including phenoxy) is 2. The zero-order valence-corrected chi connectivity index (χ0v) is 16.9. The van der Waals surface area contributed by atoms with E-state index < -0.39 is 28.1 Å². The van der Waals surface area contributed by atoms with Gasteiger partial charge in [-0.25, -0.2) is 18.0 Å². The van der Waals surface area contributed by atoms with Crippen molar-refractivity contribution in [2.45, 2.75) is 10.3 Å². The number of thiophene rings is 1. The van der Waals surface area contributed by atoms with Gasteiger partial charge in [0.2, 0.25) is 6.10 Å². The molecule has 0 fully saturated rings. The standard InChI is InChI=1S/C20H17NO6S2/c1-26-20(23)18(14-6-3-2-4-7-14)27-19(22)15-9-11-16(12-10-15)21-29(24,25)17-8-5-13-28-17/h2-13,18,21H,1H3/t18-/m0/s1. The number of hydrogen-bond donors (Lipinski definition) is 1. The van der Waals surface area contributed by atoms with Gasteiger partial charge in [-0.15, -0.1) is 11.3 Å². The van der Waals surface area contributed by atoms with Crippen LogP contribution < -0.4 is 4.72 Å². The van der Waals surface area contributed by atoms with E-state index in [1.807, 2.05) is 0 Å². The minimum absolute atomic E-state index is 0.161. The summed E-state index contributed by atoms with van der Waals surface area (Å²) >= 11 is 1.10. The fourth-order valence-corrected chi connectivity index (χ4v) is 4.51. The van der Waals surface area contributed by atoms with Gasteiger partial charge in [-0.2, -0.15) is 0 Å². The number of methoxy groups -OCH3 is 1. The number of hydrogen-bond acceptors (Lipinski definition) is 7. The second kappa shape index (κ2) is 8.89. The lowest BCUT2D eigenvalue weighted by Gasteiger charge is -2.16. The number of esters is 2. The highest BCUT2D eigenvalue weighted by Gasteiger charge is 2.26. The molecule has 0 aliphatic heterocycles. The summed E-state index contributed by atoms with van der Waals surface area (Å²) in [5, 5.41) is 1.66. The Balaban J connectivity index is 1.73. The molecule has 1 N–H and O–H groups in total. The van der Waals surface area contributed by atoms with Gasteiger partial charge < -0.3 is 9.47 Å². The third-order valence-corrected chi connectivity index (χ3v) is 6.65. The van der Waals surface area contributed by atoms with Gasteiger partial charge >= 0.3 is 11.9 Å². The molecule has 3 aromatic rings. The van der Waals surface area contributed by atoms with E-state index in [1.54, 1.807) is 41.8 Å². The molecule has 29 heavy (non-hydrogen) atoms. The van der Waals surface area contributed by atoms with Crippen LogP contribution in [0, 0.1) is 0 Å². The molecule has 1 heterocycles. The zero-order valence-electron chi connectivity index (χ0n) is 15.3. The van der Waals surface area contributed by atoms with Gasteiger partial charge in [-0.1, -0.05) is 36.4 Å². The van der Waals surface area contributed by atoms with Crippen molar-refractivity contribution in [3.05, 3.63) is 83.2 Å².